The van der Waals surface area contributed by atoms with Gasteiger partial charge in [-0.2, -0.15) is 5.26 Å². The Labute approximate surface area is 161 Å². The Morgan fingerprint density at radius 1 is 1.19 bits per heavy atom. The van der Waals surface area contributed by atoms with Crippen LogP contribution < -0.4 is 10.1 Å². The lowest BCUT2D eigenvalue weighted by atomic mass is 10.1. The van der Waals surface area contributed by atoms with E-state index in [4.69, 9.17) is 9.47 Å². The van der Waals surface area contributed by atoms with Crippen LogP contribution in [0.25, 0.3) is 0 Å². The maximum absolute atomic E-state index is 9.18. The molecule has 0 aliphatic carbocycles. The average Bonchev–Trinajstić information content (AvgIpc) is 2.72. The van der Waals surface area contributed by atoms with E-state index in [9.17, 15) is 5.26 Å². The van der Waals surface area contributed by atoms with Crippen LogP contribution in [0.3, 0.4) is 0 Å². The first-order chi connectivity index (χ1) is 13.2. The normalized spacial score (nSPS) is 15.9. The zero-order valence-corrected chi connectivity index (χ0v) is 15.9. The maximum Gasteiger partial charge on any atom is 0.120 e. The van der Waals surface area contributed by atoms with Crippen LogP contribution >= 0.6 is 0 Å². The van der Waals surface area contributed by atoms with Crippen LogP contribution in [0, 0.1) is 11.3 Å². The number of morpholine rings is 1. The van der Waals surface area contributed by atoms with Gasteiger partial charge in [0.05, 0.1) is 24.8 Å². The van der Waals surface area contributed by atoms with E-state index in [-0.39, 0.29) is 0 Å². The molecule has 1 N–H and O–H groups in total. The smallest absolute Gasteiger partial charge is 0.120 e. The molecule has 1 heterocycles. The Balaban J connectivity index is 1.49. The fourth-order valence-corrected chi connectivity index (χ4v) is 3.19. The minimum absolute atomic E-state index is 0.397. The van der Waals surface area contributed by atoms with Crippen molar-refractivity contribution < 1.29 is 9.47 Å². The second-order valence-corrected chi connectivity index (χ2v) is 6.90. The first-order valence-corrected chi connectivity index (χ1v) is 9.48. The lowest BCUT2D eigenvalue weighted by molar-refractivity contribution is 0.0343. The van der Waals surface area contributed by atoms with Gasteiger partial charge in [0.2, 0.25) is 0 Å². The minimum atomic E-state index is 0.397. The number of nitrogens with zero attached hydrogens (tertiary/aromatic N) is 2. The lowest BCUT2D eigenvalue weighted by Gasteiger charge is -2.29. The zero-order valence-electron chi connectivity index (χ0n) is 15.9. The molecule has 1 aliphatic rings. The summed E-state index contributed by atoms with van der Waals surface area (Å²) in [5.41, 5.74) is 2.75. The molecule has 0 bridgehead atoms. The minimum Gasteiger partial charge on any atom is -0.489 e. The monoisotopic (exact) mass is 365 g/mol. The fourth-order valence-electron chi connectivity index (χ4n) is 3.19. The van der Waals surface area contributed by atoms with Gasteiger partial charge in [0.25, 0.3) is 0 Å². The summed E-state index contributed by atoms with van der Waals surface area (Å²) in [7, 11) is 0. The standard InChI is InChI=1S/C22H27N3O2/c1-18(16-25-9-11-26-12-10-25)24-15-19-5-4-8-22(13-19)27-17-21-7-3-2-6-20(21)14-23/h2-8,13,18,24H,9-12,15-17H2,1H3. The first kappa shape index (κ1) is 19.4. The molecule has 142 valence electrons. The second-order valence-electron chi connectivity index (χ2n) is 6.90. The molecule has 1 aliphatic heterocycles. The van der Waals surface area contributed by atoms with E-state index >= 15 is 0 Å². The largest absolute Gasteiger partial charge is 0.489 e. The van der Waals surface area contributed by atoms with Crippen LogP contribution in [-0.4, -0.2) is 43.8 Å². The molecule has 0 saturated carbocycles. The summed E-state index contributed by atoms with van der Waals surface area (Å²) >= 11 is 0. The van der Waals surface area contributed by atoms with E-state index in [1.807, 2.05) is 36.4 Å². The van der Waals surface area contributed by atoms with E-state index in [0.717, 1.165) is 50.7 Å². The van der Waals surface area contributed by atoms with E-state index in [0.29, 0.717) is 18.2 Å². The second kappa shape index (κ2) is 10.1. The highest BCUT2D eigenvalue weighted by atomic mass is 16.5. The van der Waals surface area contributed by atoms with E-state index < -0.39 is 0 Å². The topological polar surface area (TPSA) is 57.5 Å². The molecule has 0 aromatic heterocycles. The lowest BCUT2D eigenvalue weighted by Crippen LogP contribution is -2.44. The number of rotatable bonds is 8. The molecule has 0 amide bonds. The van der Waals surface area contributed by atoms with Crippen LogP contribution in [0.2, 0.25) is 0 Å². The summed E-state index contributed by atoms with van der Waals surface area (Å²) in [6.45, 7) is 8.14. The predicted octanol–water partition coefficient (Wildman–Crippen LogP) is 2.95. The number of benzene rings is 2. The molecule has 5 nitrogen and oxygen atoms in total. The molecule has 27 heavy (non-hydrogen) atoms. The SMILES string of the molecule is CC(CN1CCOCC1)NCc1cccc(OCc2ccccc2C#N)c1. The van der Waals surface area contributed by atoms with Crippen LogP contribution in [0.4, 0.5) is 0 Å². The molecular weight excluding hydrogens is 338 g/mol. The van der Waals surface area contributed by atoms with Crippen molar-refractivity contribution in [2.45, 2.75) is 26.1 Å². The molecule has 2 aromatic carbocycles. The summed E-state index contributed by atoms with van der Waals surface area (Å²) in [5.74, 6) is 0.822. The van der Waals surface area contributed by atoms with Crippen molar-refractivity contribution in [1.29, 1.82) is 5.26 Å². The summed E-state index contributed by atoms with van der Waals surface area (Å²) in [6.07, 6.45) is 0. The Kier molecular flexibility index (Phi) is 7.23. The number of ether oxygens (including phenoxy) is 2. The summed E-state index contributed by atoms with van der Waals surface area (Å²) < 4.78 is 11.3. The van der Waals surface area contributed by atoms with Gasteiger partial charge in [-0.1, -0.05) is 30.3 Å². The third-order valence-corrected chi connectivity index (χ3v) is 4.72. The van der Waals surface area contributed by atoms with Gasteiger partial charge in [0.1, 0.15) is 12.4 Å². The van der Waals surface area contributed by atoms with Gasteiger partial charge in [0.15, 0.2) is 0 Å². The quantitative estimate of drug-likeness (QED) is 0.779. The van der Waals surface area contributed by atoms with Crippen molar-refractivity contribution in [1.82, 2.24) is 10.2 Å². The number of hydrogen-bond acceptors (Lipinski definition) is 5. The van der Waals surface area contributed by atoms with Crippen molar-refractivity contribution in [3.63, 3.8) is 0 Å². The average molecular weight is 365 g/mol. The van der Waals surface area contributed by atoms with Crippen LogP contribution in [0.5, 0.6) is 5.75 Å². The van der Waals surface area contributed by atoms with Crippen LogP contribution in [0.1, 0.15) is 23.6 Å². The predicted molar refractivity (Wildman–Crippen MR) is 105 cm³/mol. The Hall–Kier alpha value is -2.39. The van der Waals surface area contributed by atoms with Gasteiger partial charge < -0.3 is 14.8 Å². The van der Waals surface area contributed by atoms with Gasteiger partial charge in [-0.25, -0.2) is 0 Å². The van der Waals surface area contributed by atoms with E-state index in [1.54, 1.807) is 0 Å². The van der Waals surface area contributed by atoms with Crippen molar-refractivity contribution >= 4 is 0 Å². The highest BCUT2D eigenvalue weighted by Crippen LogP contribution is 2.17. The molecule has 1 unspecified atom stereocenters. The molecule has 5 heteroatoms. The highest BCUT2D eigenvalue weighted by molar-refractivity contribution is 5.37. The first-order valence-electron chi connectivity index (χ1n) is 9.48. The Morgan fingerprint density at radius 3 is 2.81 bits per heavy atom. The summed E-state index contributed by atoms with van der Waals surface area (Å²) in [5, 5.41) is 12.8. The molecule has 1 saturated heterocycles. The molecule has 0 radical (unpaired) electrons. The Bertz CT molecular complexity index is 766. The fraction of sp³-hybridized carbons (Fsp3) is 0.409. The summed E-state index contributed by atoms with van der Waals surface area (Å²) in [4.78, 5) is 2.44. The summed E-state index contributed by atoms with van der Waals surface area (Å²) in [6, 6.07) is 18.3. The number of hydrogen-bond donors (Lipinski definition) is 1. The molecule has 0 spiro atoms. The van der Waals surface area contributed by atoms with Crippen molar-refractivity contribution in [3.05, 3.63) is 65.2 Å². The van der Waals surface area contributed by atoms with Gasteiger partial charge in [-0.3, -0.25) is 4.90 Å². The van der Waals surface area contributed by atoms with Crippen molar-refractivity contribution in [2.75, 3.05) is 32.8 Å². The van der Waals surface area contributed by atoms with E-state index in [2.05, 4.69) is 35.3 Å². The third-order valence-electron chi connectivity index (χ3n) is 4.72. The third kappa shape index (κ3) is 6.07. The van der Waals surface area contributed by atoms with Gasteiger partial charge in [-0.05, 0) is 30.7 Å². The van der Waals surface area contributed by atoms with Crippen molar-refractivity contribution in [2.24, 2.45) is 0 Å². The van der Waals surface area contributed by atoms with Crippen LogP contribution in [-0.2, 0) is 17.9 Å². The van der Waals surface area contributed by atoms with Gasteiger partial charge in [-0.15, -0.1) is 0 Å². The zero-order chi connectivity index (χ0) is 18.9. The molecular formula is C22H27N3O2. The van der Waals surface area contributed by atoms with Gasteiger partial charge in [0, 0.05) is 37.8 Å². The number of nitriles is 1. The van der Waals surface area contributed by atoms with Crippen molar-refractivity contribution in [3.8, 4) is 11.8 Å². The van der Waals surface area contributed by atoms with E-state index in [1.165, 1.54) is 5.56 Å². The molecule has 2 aromatic rings. The Morgan fingerprint density at radius 2 is 2.00 bits per heavy atom. The highest BCUT2D eigenvalue weighted by Gasteiger charge is 2.13. The molecule has 1 atom stereocenters. The number of nitrogens with one attached hydrogen (secondary N) is 1. The van der Waals surface area contributed by atoms with Gasteiger partial charge >= 0.3 is 0 Å². The maximum atomic E-state index is 9.18. The van der Waals surface area contributed by atoms with Crippen LogP contribution in [0.15, 0.2) is 48.5 Å². The molecule has 3 rings (SSSR count). The molecule has 1 fully saturated rings.